The summed E-state index contributed by atoms with van der Waals surface area (Å²) in [6.07, 6.45) is 0. The van der Waals surface area contributed by atoms with E-state index in [0.717, 1.165) is 0 Å². The SMILES string of the molecule is Br.CC(C)N=C1NN=C(c2c(F)cccc2F)CS1. The predicted molar refractivity (Wildman–Crippen MR) is 81.4 cm³/mol. The van der Waals surface area contributed by atoms with Crippen LogP contribution in [-0.4, -0.2) is 22.7 Å². The number of hydrazone groups is 1. The molecule has 104 valence electrons. The maximum Gasteiger partial charge on any atom is 0.177 e. The second-order valence-corrected chi connectivity index (χ2v) is 5.05. The average Bonchev–Trinajstić information content (AvgIpc) is 2.30. The summed E-state index contributed by atoms with van der Waals surface area (Å²) in [4.78, 5) is 4.28. The largest absolute Gasteiger partial charge is 0.258 e. The second kappa shape index (κ2) is 7.00. The predicted octanol–water partition coefficient (Wildman–Crippen LogP) is 3.35. The molecule has 0 radical (unpaired) electrons. The van der Waals surface area contributed by atoms with Gasteiger partial charge in [0.2, 0.25) is 0 Å². The number of benzene rings is 1. The molecule has 1 aromatic carbocycles. The number of nitrogens with one attached hydrogen (secondary N) is 1. The molecule has 1 heterocycles. The molecule has 0 fully saturated rings. The van der Waals surface area contributed by atoms with Crippen molar-refractivity contribution in [3.05, 3.63) is 35.4 Å². The highest BCUT2D eigenvalue weighted by Gasteiger charge is 2.19. The molecule has 3 nitrogen and oxygen atoms in total. The lowest BCUT2D eigenvalue weighted by Crippen LogP contribution is -2.27. The van der Waals surface area contributed by atoms with Gasteiger partial charge in [-0.3, -0.25) is 10.4 Å². The third-order valence-electron chi connectivity index (χ3n) is 2.26. The highest BCUT2D eigenvalue weighted by atomic mass is 79.9. The van der Waals surface area contributed by atoms with Gasteiger partial charge in [-0.05, 0) is 26.0 Å². The van der Waals surface area contributed by atoms with Crippen LogP contribution in [0.1, 0.15) is 19.4 Å². The Hall–Kier alpha value is -0.950. The van der Waals surface area contributed by atoms with Crippen molar-refractivity contribution >= 4 is 39.6 Å². The van der Waals surface area contributed by atoms with Gasteiger partial charge in [-0.15, -0.1) is 17.0 Å². The molecule has 0 unspecified atom stereocenters. The lowest BCUT2D eigenvalue weighted by Gasteiger charge is -2.16. The maximum absolute atomic E-state index is 13.6. The van der Waals surface area contributed by atoms with E-state index < -0.39 is 11.6 Å². The molecule has 0 aromatic heterocycles. The van der Waals surface area contributed by atoms with Gasteiger partial charge in [-0.1, -0.05) is 17.8 Å². The molecule has 0 saturated carbocycles. The molecule has 1 N–H and O–H groups in total. The first-order valence-corrected chi connectivity index (χ1v) is 6.54. The van der Waals surface area contributed by atoms with E-state index in [1.807, 2.05) is 13.8 Å². The summed E-state index contributed by atoms with van der Waals surface area (Å²) < 4.78 is 27.1. The van der Waals surface area contributed by atoms with Crippen LogP contribution >= 0.6 is 28.7 Å². The van der Waals surface area contributed by atoms with Crippen molar-refractivity contribution in [1.29, 1.82) is 0 Å². The zero-order valence-corrected chi connectivity index (χ0v) is 13.0. The van der Waals surface area contributed by atoms with Crippen LogP contribution in [0.3, 0.4) is 0 Å². The van der Waals surface area contributed by atoms with Gasteiger partial charge in [0, 0.05) is 11.8 Å². The van der Waals surface area contributed by atoms with Crippen LogP contribution in [-0.2, 0) is 0 Å². The monoisotopic (exact) mass is 349 g/mol. The van der Waals surface area contributed by atoms with Gasteiger partial charge in [0.25, 0.3) is 0 Å². The third-order valence-corrected chi connectivity index (χ3v) is 3.15. The number of halogens is 3. The fourth-order valence-electron chi connectivity index (χ4n) is 1.52. The number of amidine groups is 1. The summed E-state index contributed by atoms with van der Waals surface area (Å²) in [5, 5.41) is 4.66. The first-order chi connectivity index (χ1) is 8.58. The molecule has 2 rings (SSSR count). The van der Waals surface area contributed by atoms with Crippen LogP contribution in [0.15, 0.2) is 28.3 Å². The normalized spacial score (nSPS) is 16.9. The Morgan fingerprint density at radius 2 is 1.95 bits per heavy atom. The lowest BCUT2D eigenvalue weighted by molar-refractivity contribution is 0.578. The van der Waals surface area contributed by atoms with E-state index >= 15 is 0 Å². The maximum atomic E-state index is 13.6. The van der Waals surface area contributed by atoms with Crippen LogP contribution < -0.4 is 5.43 Å². The zero-order chi connectivity index (χ0) is 13.1. The van der Waals surface area contributed by atoms with Crippen LogP contribution in [0, 0.1) is 11.6 Å². The minimum atomic E-state index is -0.597. The second-order valence-electron chi connectivity index (χ2n) is 4.08. The molecule has 0 bridgehead atoms. The van der Waals surface area contributed by atoms with Gasteiger partial charge in [0.05, 0.1) is 11.3 Å². The van der Waals surface area contributed by atoms with Gasteiger partial charge in [-0.25, -0.2) is 8.78 Å². The van der Waals surface area contributed by atoms with Crippen LogP contribution in [0.2, 0.25) is 0 Å². The first-order valence-electron chi connectivity index (χ1n) is 5.55. The van der Waals surface area contributed by atoms with Crippen molar-refractivity contribution in [3.8, 4) is 0 Å². The summed E-state index contributed by atoms with van der Waals surface area (Å²) in [5.74, 6) is -0.794. The Morgan fingerprint density at radius 3 is 2.42 bits per heavy atom. The van der Waals surface area contributed by atoms with Crippen LogP contribution in [0.5, 0.6) is 0 Å². The Balaban J connectivity index is 0.00000180. The van der Waals surface area contributed by atoms with E-state index in [2.05, 4.69) is 15.5 Å². The molecule has 0 amide bonds. The van der Waals surface area contributed by atoms with E-state index in [4.69, 9.17) is 0 Å². The fourth-order valence-corrected chi connectivity index (χ4v) is 2.40. The summed E-state index contributed by atoms with van der Waals surface area (Å²) in [7, 11) is 0. The van der Waals surface area contributed by atoms with Gasteiger partial charge in [0.15, 0.2) is 5.17 Å². The number of aliphatic imine (C=N–C) groups is 1. The molecular formula is C12H14BrF2N3S. The van der Waals surface area contributed by atoms with Crippen molar-refractivity contribution in [1.82, 2.24) is 5.43 Å². The summed E-state index contributed by atoms with van der Waals surface area (Å²) in [6, 6.07) is 3.94. The van der Waals surface area contributed by atoms with Gasteiger partial charge < -0.3 is 0 Å². The number of hydrogen-bond acceptors (Lipinski definition) is 3. The first kappa shape index (κ1) is 16.1. The molecule has 1 aromatic rings. The standard InChI is InChI=1S/C12H13F2N3S.BrH/c1-7(2)15-12-17-16-10(6-18-12)11-8(13)4-3-5-9(11)14;/h3-5,7H,6H2,1-2H3,(H,15,17);1H. The average molecular weight is 350 g/mol. The number of thioether (sulfide) groups is 1. The Kier molecular flexibility index (Phi) is 5.93. The number of hydrogen-bond donors (Lipinski definition) is 1. The Labute approximate surface area is 125 Å². The molecule has 7 heteroatoms. The highest BCUT2D eigenvalue weighted by Crippen LogP contribution is 2.19. The van der Waals surface area contributed by atoms with E-state index in [-0.39, 0.29) is 28.6 Å². The topological polar surface area (TPSA) is 36.8 Å². The summed E-state index contributed by atoms with van der Waals surface area (Å²) >= 11 is 1.39. The molecule has 1 aliphatic rings. The minimum absolute atomic E-state index is 0. The highest BCUT2D eigenvalue weighted by molar-refractivity contribution is 8.93. The molecule has 0 atom stereocenters. The van der Waals surface area contributed by atoms with Gasteiger partial charge >= 0.3 is 0 Å². The zero-order valence-electron chi connectivity index (χ0n) is 10.5. The van der Waals surface area contributed by atoms with E-state index in [0.29, 0.717) is 16.6 Å². The van der Waals surface area contributed by atoms with Crippen molar-refractivity contribution in [3.63, 3.8) is 0 Å². The summed E-state index contributed by atoms with van der Waals surface area (Å²) in [5.41, 5.74) is 3.01. The lowest BCUT2D eigenvalue weighted by atomic mass is 10.1. The van der Waals surface area contributed by atoms with Gasteiger partial charge in [0.1, 0.15) is 11.6 Å². The summed E-state index contributed by atoms with van der Waals surface area (Å²) in [6.45, 7) is 3.90. The van der Waals surface area contributed by atoms with Crippen molar-refractivity contribution in [2.45, 2.75) is 19.9 Å². The molecular weight excluding hydrogens is 336 g/mol. The fraction of sp³-hybridized carbons (Fsp3) is 0.333. The quantitative estimate of drug-likeness (QED) is 0.888. The van der Waals surface area contributed by atoms with E-state index in [9.17, 15) is 8.78 Å². The van der Waals surface area contributed by atoms with Gasteiger partial charge in [-0.2, -0.15) is 5.10 Å². The van der Waals surface area contributed by atoms with E-state index in [1.165, 1.54) is 30.0 Å². The molecule has 19 heavy (non-hydrogen) atoms. The minimum Gasteiger partial charge on any atom is -0.258 e. The molecule has 0 spiro atoms. The smallest absolute Gasteiger partial charge is 0.177 e. The number of nitrogens with zero attached hydrogens (tertiary/aromatic N) is 2. The van der Waals surface area contributed by atoms with Crippen molar-refractivity contribution in [2.75, 3.05) is 5.75 Å². The Morgan fingerprint density at radius 1 is 1.32 bits per heavy atom. The molecule has 0 aliphatic carbocycles. The van der Waals surface area contributed by atoms with Crippen molar-refractivity contribution in [2.24, 2.45) is 10.1 Å². The third kappa shape index (κ3) is 4.01. The molecule has 0 saturated heterocycles. The van der Waals surface area contributed by atoms with Crippen LogP contribution in [0.25, 0.3) is 0 Å². The van der Waals surface area contributed by atoms with E-state index in [1.54, 1.807) is 0 Å². The molecule has 1 aliphatic heterocycles. The number of rotatable bonds is 2. The Bertz CT molecular complexity index is 497. The van der Waals surface area contributed by atoms with Crippen LogP contribution in [0.4, 0.5) is 8.78 Å². The van der Waals surface area contributed by atoms with Crippen molar-refractivity contribution < 1.29 is 8.78 Å².